The van der Waals surface area contributed by atoms with Gasteiger partial charge in [-0.2, -0.15) is 0 Å². The van der Waals surface area contributed by atoms with Gasteiger partial charge in [-0.15, -0.1) is 12.4 Å². The maximum atomic E-state index is 2.31. The molecule has 3 heteroatoms. The normalized spacial score (nSPS) is 14.9. The molecule has 36 valence electrons. The van der Waals surface area contributed by atoms with Crippen LogP contribution in [0.15, 0.2) is 22.0 Å². The van der Waals surface area contributed by atoms with Crippen molar-refractivity contribution in [3.05, 3.63) is 22.0 Å². The summed E-state index contributed by atoms with van der Waals surface area (Å²) in [4.78, 5) is 4.62. The minimum atomic E-state index is 0. The van der Waals surface area contributed by atoms with Gasteiger partial charge in [-0.1, -0.05) is 0 Å². The van der Waals surface area contributed by atoms with E-state index in [0.29, 0.717) is 13.3 Å². The maximum Gasteiger partial charge on any atom is -0.147 e. The van der Waals surface area contributed by atoms with Gasteiger partial charge < -0.3 is 0 Å². The Morgan fingerprint density at radius 2 is 2.14 bits per heavy atom. The zero-order chi connectivity index (χ0) is 4.24. The smallest absolute Gasteiger partial charge is 0.147 e. The van der Waals surface area contributed by atoms with E-state index >= 15 is 0 Å². The van der Waals surface area contributed by atoms with E-state index in [2.05, 4.69) is 22.0 Å². The Hall–Kier alpha value is 0.861. The summed E-state index contributed by atoms with van der Waals surface area (Å²) in [5, 5.41) is 0. The second-order valence-corrected chi connectivity index (χ2v) is 6.38. The molecule has 0 amide bonds. The van der Waals surface area contributed by atoms with Crippen molar-refractivity contribution in [2.45, 2.75) is 0 Å². The quantitative estimate of drug-likeness (QED) is 0.495. The van der Waals surface area contributed by atoms with E-state index in [-0.39, 0.29) is 12.4 Å². The van der Waals surface area contributed by atoms with E-state index in [1.807, 2.05) is 0 Å². The Morgan fingerprint density at radius 3 is 2.29 bits per heavy atom. The van der Waals surface area contributed by atoms with Crippen molar-refractivity contribution in [3.8, 4) is 0 Å². The second kappa shape index (κ2) is 5.01. The van der Waals surface area contributed by atoms with E-state index in [1.165, 1.54) is 0 Å². The summed E-state index contributed by atoms with van der Waals surface area (Å²) in [5.74, 6) is 0. The van der Waals surface area contributed by atoms with Gasteiger partial charge in [-0.25, -0.2) is 0 Å². The number of allylic oxidation sites excluding steroid dienone is 2. The Morgan fingerprint density at radius 1 is 1.29 bits per heavy atom. The number of halogens is 1. The van der Waals surface area contributed by atoms with Crippen LogP contribution < -0.4 is 0 Å². The summed E-state index contributed by atoms with van der Waals surface area (Å²) in [7, 11) is 0. The summed E-state index contributed by atoms with van der Waals surface area (Å²) < 4.78 is 0. The predicted octanol–water partition coefficient (Wildman–Crippen LogP) is 0.773. The van der Waals surface area contributed by atoms with Crippen LogP contribution >= 0.6 is 12.4 Å². The molecule has 0 nitrogen and oxygen atoms in total. The van der Waals surface area contributed by atoms with Gasteiger partial charge in [0.2, 0.25) is 0 Å². The molecule has 0 aromatic rings. The molecule has 0 bridgehead atoms. The van der Waals surface area contributed by atoms with Gasteiger partial charge in [0.05, 0.1) is 0 Å². The van der Waals surface area contributed by atoms with Crippen LogP contribution in [0.2, 0.25) is 0 Å². The molecule has 7 heavy (non-hydrogen) atoms. The van der Waals surface area contributed by atoms with Crippen molar-refractivity contribution in [3.63, 3.8) is 0 Å². The fourth-order valence-corrected chi connectivity index (χ4v) is 3.55. The van der Waals surface area contributed by atoms with E-state index in [9.17, 15) is 0 Å². The average Bonchev–Trinajstić information content (AvgIpc) is 1.72. The largest absolute Gasteiger partial charge is 0.147 e. The SMILES string of the molecule is C1=[CH][Al]=[As]C=C1.Cl. The van der Waals surface area contributed by atoms with Crippen LogP contribution in [-0.2, 0) is 0 Å². The van der Waals surface area contributed by atoms with Gasteiger partial charge in [0, 0.05) is 0 Å². The summed E-state index contributed by atoms with van der Waals surface area (Å²) >= 11 is 1.38. The van der Waals surface area contributed by atoms with Crippen LogP contribution in [-0.4, -0.2) is 25.9 Å². The Kier molecular flexibility index (Phi) is 5.62. The first kappa shape index (κ1) is 7.86. The van der Waals surface area contributed by atoms with Crippen molar-refractivity contribution in [1.29, 1.82) is 0 Å². The fraction of sp³-hybridized carbons (Fsp3) is 0. The van der Waals surface area contributed by atoms with Crippen molar-refractivity contribution in [2.75, 3.05) is 0 Å². The topological polar surface area (TPSA) is 0 Å². The van der Waals surface area contributed by atoms with Gasteiger partial charge in [-0.05, 0) is 0 Å². The molecule has 1 aliphatic rings. The number of hydrogen-bond acceptors (Lipinski definition) is 0. The van der Waals surface area contributed by atoms with Crippen molar-refractivity contribution in [1.82, 2.24) is 0 Å². The van der Waals surface area contributed by atoms with Gasteiger partial charge in [0.1, 0.15) is 0 Å². The van der Waals surface area contributed by atoms with Crippen molar-refractivity contribution < 1.29 is 0 Å². The van der Waals surface area contributed by atoms with Crippen LogP contribution in [0.1, 0.15) is 0 Å². The average molecular weight is 190 g/mol. The summed E-state index contributed by atoms with van der Waals surface area (Å²) in [5.41, 5.74) is 0. The van der Waals surface area contributed by atoms with Crippen LogP contribution in [0.25, 0.3) is 0 Å². The van der Waals surface area contributed by atoms with E-state index in [4.69, 9.17) is 0 Å². The van der Waals surface area contributed by atoms with Gasteiger partial charge in [-0.3, -0.25) is 0 Å². The predicted molar refractivity (Wildman–Crippen MR) is 37.0 cm³/mol. The van der Waals surface area contributed by atoms with Crippen LogP contribution in [0.4, 0.5) is 0 Å². The Bertz CT molecular complexity index is 81.1. The molecule has 1 heterocycles. The second-order valence-electron chi connectivity index (χ2n) is 1.02. The summed E-state index contributed by atoms with van der Waals surface area (Å²) in [6.07, 6.45) is 4.30. The Labute approximate surface area is 60.2 Å². The van der Waals surface area contributed by atoms with E-state index in [0.717, 1.165) is 12.7 Å². The zero-order valence-electron chi connectivity index (χ0n) is 3.74. The minimum absolute atomic E-state index is 0. The van der Waals surface area contributed by atoms with Crippen LogP contribution in [0.5, 0.6) is 0 Å². The van der Waals surface area contributed by atoms with E-state index in [1.54, 1.807) is 0 Å². The summed E-state index contributed by atoms with van der Waals surface area (Å²) in [6, 6.07) is 0. The molecule has 0 fully saturated rings. The van der Waals surface area contributed by atoms with Gasteiger partial charge in [0.25, 0.3) is 0 Å². The molecule has 0 spiro atoms. The Balaban J connectivity index is 0.000000360. The molecule has 0 aromatic carbocycles. The molecule has 0 aliphatic carbocycles. The zero-order valence-corrected chi connectivity index (χ0v) is 7.59. The first-order valence-electron chi connectivity index (χ1n) is 1.85. The number of hydrogen-bond donors (Lipinski definition) is 0. The molecule has 0 saturated heterocycles. The van der Waals surface area contributed by atoms with Crippen molar-refractivity contribution >= 4 is 38.3 Å². The first-order chi connectivity index (χ1) is 3.00. The third-order valence-electron chi connectivity index (χ3n) is 0.566. The standard InChI is InChI=1S/C4H4As.Al.ClH/c1-2-3-4-5;;/h1-4H;;1H. The molecular formula is C4H5AlAsCl. The third-order valence-corrected chi connectivity index (χ3v) is 4.92. The van der Waals surface area contributed by atoms with E-state index < -0.39 is 0 Å². The van der Waals surface area contributed by atoms with Gasteiger partial charge >= 0.3 is 47.9 Å². The summed E-state index contributed by atoms with van der Waals surface area (Å²) in [6.45, 7) is 0. The molecule has 0 radical (unpaired) electrons. The van der Waals surface area contributed by atoms with Crippen LogP contribution in [0.3, 0.4) is 0 Å². The number of rotatable bonds is 0. The fourth-order valence-electron chi connectivity index (χ4n) is 0.313. The molecule has 0 saturated carbocycles. The first-order valence-corrected chi connectivity index (χ1v) is 7.37. The monoisotopic (exact) mass is 190 g/mol. The van der Waals surface area contributed by atoms with Gasteiger partial charge in [0.15, 0.2) is 0 Å². The molecule has 0 N–H and O–H groups in total. The molecule has 1 rings (SSSR count). The third kappa shape index (κ3) is 3.44. The molecule has 0 aromatic heterocycles. The van der Waals surface area contributed by atoms with Crippen LogP contribution in [0, 0.1) is 0 Å². The minimum Gasteiger partial charge on any atom is -0.147 e. The molecule has 0 atom stereocenters. The maximum absolute atomic E-state index is 2.31. The molecular weight excluding hydrogens is 185 g/mol. The molecule has 0 unspecified atom stereocenters. The molecule has 1 aliphatic heterocycles. The van der Waals surface area contributed by atoms with Crippen molar-refractivity contribution in [2.24, 2.45) is 0 Å².